The zero-order chi connectivity index (χ0) is 29.9. The Bertz CT molecular complexity index is 1720. The predicted molar refractivity (Wildman–Crippen MR) is 160 cm³/mol. The summed E-state index contributed by atoms with van der Waals surface area (Å²) in [6.07, 6.45) is 4.45. The molecule has 216 valence electrons. The zero-order valence-electron chi connectivity index (χ0n) is 23.9. The zero-order valence-corrected chi connectivity index (χ0v) is 23.9. The van der Waals surface area contributed by atoms with E-state index in [0.29, 0.717) is 47.9 Å². The van der Waals surface area contributed by atoms with Crippen LogP contribution in [0.1, 0.15) is 33.6 Å². The molecular formula is C31H34N8O3. The second-order valence-electron chi connectivity index (χ2n) is 10.8. The van der Waals surface area contributed by atoms with E-state index < -0.39 is 5.54 Å². The molecule has 0 radical (unpaired) electrons. The predicted octanol–water partition coefficient (Wildman–Crippen LogP) is 3.79. The number of hydrogen-bond donors (Lipinski definition) is 2. The van der Waals surface area contributed by atoms with E-state index in [4.69, 9.17) is 10.5 Å². The lowest BCUT2D eigenvalue weighted by Crippen LogP contribution is -2.42. The van der Waals surface area contributed by atoms with Gasteiger partial charge < -0.3 is 20.7 Å². The number of rotatable bonds is 9. The lowest BCUT2D eigenvalue weighted by molar-refractivity contribution is -0.127. The highest BCUT2D eigenvalue weighted by atomic mass is 16.5. The number of para-hydroxylation sites is 1. The smallest absolute Gasteiger partial charge is 0.335 e. The van der Waals surface area contributed by atoms with Crippen LogP contribution in [-0.2, 0) is 11.3 Å². The van der Waals surface area contributed by atoms with E-state index in [-0.39, 0.29) is 35.6 Å². The summed E-state index contributed by atoms with van der Waals surface area (Å²) in [6, 6.07) is 18.3. The van der Waals surface area contributed by atoms with Gasteiger partial charge in [0.25, 0.3) is 5.91 Å². The minimum Gasteiger partial charge on any atom is -0.457 e. The summed E-state index contributed by atoms with van der Waals surface area (Å²) >= 11 is 0. The second kappa shape index (κ2) is 11.9. The van der Waals surface area contributed by atoms with E-state index in [2.05, 4.69) is 21.4 Å². The topological polar surface area (TPSA) is 144 Å². The normalized spacial score (nSPS) is 15.6. The van der Waals surface area contributed by atoms with Crippen molar-refractivity contribution in [1.29, 1.82) is 5.26 Å². The number of nitrogens with zero attached hydrogens (tertiary/aromatic N) is 6. The van der Waals surface area contributed by atoms with Crippen molar-refractivity contribution in [1.82, 2.24) is 29.3 Å². The van der Waals surface area contributed by atoms with Crippen molar-refractivity contribution in [3.8, 4) is 23.3 Å². The van der Waals surface area contributed by atoms with Gasteiger partial charge in [-0.1, -0.05) is 25.1 Å². The van der Waals surface area contributed by atoms with E-state index >= 15 is 0 Å². The molecule has 1 aliphatic heterocycles. The van der Waals surface area contributed by atoms with Crippen LogP contribution in [0.2, 0.25) is 0 Å². The Morgan fingerprint density at radius 3 is 2.57 bits per heavy atom. The number of aromatic nitrogens is 4. The molecule has 0 bridgehead atoms. The molecule has 0 aliphatic carbocycles. The number of nitrogens with two attached hydrogens (primary N) is 1. The molecule has 0 saturated carbocycles. The number of imidazole rings is 1. The number of carbonyl (C=O) groups is 1. The number of likely N-dealkylation sites (tertiary alicyclic amines) is 1. The summed E-state index contributed by atoms with van der Waals surface area (Å²) in [7, 11) is 0. The number of anilines is 1. The third-order valence-corrected chi connectivity index (χ3v) is 7.33. The standard InChI is InChI=1S/C31H34N8O3/c1-4-36-31(2,3)17-21(18-32)29(40)37-16-8-9-23(37)19-38-28-26(27(33)34-20-35-28)39(30(38)41)22-12-14-25(15-13-22)42-24-10-6-5-7-11-24/h5-7,10-15,17,20,23,36H,4,8-9,16,19H2,1-3H3,(H2,33,34,35)/t23-/m0/s1. The van der Waals surface area contributed by atoms with Crippen molar-refractivity contribution in [2.24, 2.45) is 0 Å². The molecule has 1 fully saturated rings. The molecule has 2 aromatic carbocycles. The van der Waals surface area contributed by atoms with Crippen molar-refractivity contribution in [3.05, 3.63) is 83.1 Å². The Morgan fingerprint density at radius 1 is 1.17 bits per heavy atom. The van der Waals surface area contributed by atoms with Gasteiger partial charge in [0.05, 0.1) is 11.7 Å². The van der Waals surface area contributed by atoms with Gasteiger partial charge in [-0.25, -0.2) is 14.8 Å². The largest absolute Gasteiger partial charge is 0.457 e. The van der Waals surface area contributed by atoms with Crippen LogP contribution in [0.5, 0.6) is 11.5 Å². The fourth-order valence-electron chi connectivity index (χ4n) is 5.46. The van der Waals surface area contributed by atoms with Crippen LogP contribution in [0, 0.1) is 11.3 Å². The monoisotopic (exact) mass is 566 g/mol. The van der Waals surface area contributed by atoms with Crippen LogP contribution in [0.3, 0.4) is 0 Å². The van der Waals surface area contributed by atoms with E-state index in [9.17, 15) is 14.9 Å². The molecular weight excluding hydrogens is 532 g/mol. The van der Waals surface area contributed by atoms with E-state index in [1.165, 1.54) is 15.5 Å². The number of ether oxygens (including phenoxy) is 1. The fourth-order valence-corrected chi connectivity index (χ4v) is 5.46. The number of nitriles is 1. The molecule has 0 unspecified atom stereocenters. The van der Waals surface area contributed by atoms with E-state index in [1.54, 1.807) is 35.2 Å². The van der Waals surface area contributed by atoms with E-state index in [1.807, 2.05) is 51.1 Å². The molecule has 5 rings (SSSR count). The Labute approximate surface area is 243 Å². The molecule has 1 aliphatic rings. The Kier molecular flexibility index (Phi) is 8.08. The fraction of sp³-hybridized carbons (Fsp3) is 0.323. The third kappa shape index (κ3) is 5.75. The molecule has 2 aromatic heterocycles. The first-order valence-electron chi connectivity index (χ1n) is 14.0. The highest BCUT2D eigenvalue weighted by Gasteiger charge is 2.33. The SMILES string of the molecule is CCNC(C)(C)C=C(C#N)C(=O)N1CCC[C@H]1Cn1c(=O)n(-c2ccc(Oc3ccccc3)cc2)c2c(N)ncnc21. The molecule has 3 heterocycles. The van der Waals surface area contributed by atoms with Crippen molar-refractivity contribution >= 4 is 22.9 Å². The second-order valence-corrected chi connectivity index (χ2v) is 10.8. The summed E-state index contributed by atoms with van der Waals surface area (Å²) in [5.41, 5.74) is 6.81. The molecule has 11 heteroatoms. The van der Waals surface area contributed by atoms with Gasteiger partial charge in [0.1, 0.15) is 35.0 Å². The summed E-state index contributed by atoms with van der Waals surface area (Å²) in [6.45, 7) is 7.20. The van der Waals surface area contributed by atoms with Crippen LogP contribution in [0.15, 0.2) is 77.4 Å². The lowest BCUT2D eigenvalue weighted by Gasteiger charge is -2.26. The maximum Gasteiger partial charge on any atom is 0.335 e. The van der Waals surface area contributed by atoms with E-state index in [0.717, 1.165) is 6.42 Å². The van der Waals surface area contributed by atoms with Crippen molar-refractivity contribution in [2.45, 2.75) is 51.7 Å². The first-order valence-corrected chi connectivity index (χ1v) is 14.0. The number of hydrogen-bond acceptors (Lipinski definition) is 8. The third-order valence-electron chi connectivity index (χ3n) is 7.33. The Balaban J connectivity index is 1.47. The highest BCUT2D eigenvalue weighted by molar-refractivity contribution is 5.97. The van der Waals surface area contributed by atoms with Gasteiger partial charge >= 0.3 is 5.69 Å². The van der Waals surface area contributed by atoms with Gasteiger partial charge in [0, 0.05) is 18.6 Å². The van der Waals surface area contributed by atoms with Crippen LogP contribution in [0.25, 0.3) is 16.9 Å². The Hall–Kier alpha value is -4.95. The molecule has 1 amide bonds. The molecule has 1 saturated heterocycles. The average Bonchev–Trinajstić information content (AvgIpc) is 3.55. The minimum absolute atomic E-state index is 0.0759. The summed E-state index contributed by atoms with van der Waals surface area (Å²) in [5.74, 6) is 1.14. The molecule has 3 N–H and O–H groups in total. The van der Waals surface area contributed by atoms with Crippen LogP contribution in [0.4, 0.5) is 5.82 Å². The summed E-state index contributed by atoms with van der Waals surface area (Å²) in [5, 5.41) is 13.1. The lowest BCUT2D eigenvalue weighted by atomic mass is 10.0. The average molecular weight is 567 g/mol. The van der Waals surface area contributed by atoms with Crippen LogP contribution < -0.4 is 21.5 Å². The summed E-state index contributed by atoms with van der Waals surface area (Å²) in [4.78, 5) is 37.7. The van der Waals surface area contributed by atoms with Gasteiger partial charge in [-0.3, -0.25) is 13.9 Å². The number of carbonyl (C=O) groups excluding carboxylic acids is 1. The summed E-state index contributed by atoms with van der Waals surface area (Å²) < 4.78 is 8.92. The molecule has 11 nitrogen and oxygen atoms in total. The number of benzene rings is 2. The number of likely N-dealkylation sites (N-methyl/N-ethyl adjacent to an activating group) is 1. The van der Waals surface area contributed by atoms with Crippen molar-refractivity contribution < 1.29 is 9.53 Å². The van der Waals surface area contributed by atoms with Crippen LogP contribution in [-0.4, -0.2) is 54.6 Å². The molecule has 42 heavy (non-hydrogen) atoms. The highest BCUT2D eigenvalue weighted by Crippen LogP contribution is 2.27. The maximum atomic E-state index is 13.9. The maximum absolute atomic E-state index is 13.9. The first-order chi connectivity index (χ1) is 20.2. The van der Waals surface area contributed by atoms with Crippen molar-refractivity contribution in [3.63, 3.8) is 0 Å². The van der Waals surface area contributed by atoms with Crippen molar-refractivity contribution in [2.75, 3.05) is 18.8 Å². The molecule has 1 atom stereocenters. The molecule has 0 spiro atoms. The quantitative estimate of drug-likeness (QED) is 0.230. The number of nitrogens with one attached hydrogen (secondary N) is 1. The van der Waals surface area contributed by atoms with Crippen LogP contribution >= 0.6 is 0 Å². The van der Waals surface area contributed by atoms with Gasteiger partial charge in [0.15, 0.2) is 11.5 Å². The minimum atomic E-state index is -0.523. The van der Waals surface area contributed by atoms with Gasteiger partial charge in [-0.15, -0.1) is 0 Å². The van der Waals surface area contributed by atoms with Gasteiger partial charge in [0.2, 0.25) is 0 Å². The molecule has 4 aromatic rings. The number of amides is 1. The number of nitrogen functional groups attached to an aromatic ring is 1. The first kappa shape index (κ1) is 28.6. The number of fused-ring (bicyclic) bond motifs is 1. The van der Waals surface area contributed by atoms with Gasteiger partial charge in [-0.2, -0.15) is 5.26 Å². The van der Waals surface area contributed by atoms with Gasteiger partial charge in [-0.05, 0) is 75.7 Å². The Morgan fingerprint density at radius 2 is 1.88 bits per heavy atom.